The van der Waals surface area contributed by atoms with Crippen LogP contribution in [-0.4, -0.2) is 80.1 Å². The Labute approximate surface area is 264 Å². The average molecular weight is 637 g/mol. The van der Waals surface area contributed by atoms with Gasteiger partial charge in [0.15, 0.2) is 5.01 Å². The normalized spacial score (nSPS) is 16.0. The van der Waals surface area contributed by atoms with Crippen LogP contribution in [-0.2, 0) is 16.2 Å². The van der Waals surface area contributed by atoms with Gasteiger partial charge in [0.2, 0.25) is 5.95 Å². The van der Waals surface area contributed by atoms with E-state index in [-0.39, 0.29) is 12.1 Å². The number of ether oxygens (including phenoxy) is 2. The van der Waals surface area contributed by atoms with Gasteiger partial charge in [0, 0.05) is 57.2 Å². The Morgan fingerprint density at radius 2 is 1.95 bits per heavy atom. The van der Waals surface area contributed by atoms with E-state index in [9.17, 15) is 4.79 Å². The molecule has 0 unspecified atom stereocenters. The molecule has 4 aromatic heterocycles. The number of aryl methyl sites for hydroxylation is 2. The lowest BCUT2D eigenvalue weighted by atomic mass is 10.1. The second-order valence-corrected chi connectivity index (χ2v) is 20.5. The van der Waals surface area contributed by atoms with Gasteiger partial charge in [-0.15, -0.1) is 10.2 Å². The summed E-state index contributed by atoms with van der Waals surface area (Å²) in [5, 5.41) is 14.6. The predicted molar refractivity (Wildman–Crippen MR) is 178 cm³/mol. The highest BCUT2D eigenvalue weighted by Gasteiger charge is 2.28. The van der Waals surface area contributed by atoms with Crippen LogP contribution < -0.4 is 5.32 Å². The van der Waals surface area contributed by atoms with Crippen LogP contribution in [0, 0.1) is 13.8 Å². The van der Waals surface area contributed by atoms with Crippen molar-refractivity contribution in [3.05, 3.63) is 35.1 Å². The predicted octanol–water partition coefficient (Wildman–Crippen LogP) is 6.75. The topological polar surface area (TPSA) is 120 Å². The molecule has 1 atom stereocenters. The third-order valence-corrected chi connectivity index (χ3v) is 9.89. The number of carbonyl (C=O) groups excluding carboxylic acids is 1. The van der Waals surface area contributed by atoms with Crippen LogP contribution in [0.1, 0.15) is 44.2 Å². The first-order valence-electron chi connectivity index (χ1n) is 15.2. The van der Waals surface area contributed by atoms with E-state index in [2.05, 4.69) is 57.0 Å². The molecule has 13 heteroatoms. The van der Waals surface area contributed by atoms with E-state index in [1.165, 1.54) is 11.3 Å². The number of piperidine rings is 1. The number of nitrogens with zero attached hydrogens (tertiary/aromatic N) is 7. The number of anilines is 1. The van der Waals surface area contributed by atoms with Crippen molar-refractivity contribution in [3.8, 4) is 22.0 Å². The Morgan fingerprint density at radius 1 is 1.16 bits per heavy atom. The molecule has 1 saturated heterocycles. The van der Waals surface area contributed by atoms with Gasteiger partial charge in [-0.1, -0.05) is 31.0 Å². The molecule has 0 radical (unpaired) electrons. The molecule has 0 aromatic carbocycles. The first kappa shape index (κ1) is 32.0. The first-order chi connectivity index (χ1) is 20.8. The van der Waals surface area contributed by atoms with Gasteiger partial charge in [-0.05, 0) is 71.2 Å². The highest BCUT2D eigenvalue weighted by Crippen LogP contribution is 2.33. The van der Waals surface area contributed by atoms with Crippen molar-refractivity contribution in [3.63, 3.8) is 0 Å². The molecule has 11 nitrogen and oxygen atoms in total. The number of carbonyl (C=O) groups is 1. The molecule has 5 rings (SSSR count). The molecular formula is C31H44N8O3SSi. The fourth-order valence-electron chi connectivity index (χ4n) is 5.07. The van der Waals surface area contributed by atoms with Crippen LogP contribution in [0.5, 0.6) is 0 Å². The lowest BCUT2D eigenvalue weighted by molar-refractivity contribution is 0.0206. The number of hydrogen-bond donors (Lipinski definition) is 1. The van der Waals surface area contributed by atoms with Gasteiger partial charge in [0.1, 0.15) is 28.7 Å². The summed E-state index contributed by atoms with van der Waals surface area (Å²) in [7, 11) is -1.22. The van der Waals surface area contributed by atoms with E-state index in [1.807, 2.05) is 46.9 Å². The minimum Gasteiger partial charge on any atom is -0.444 e. The van der Waals surface area contributed by atoms with Crippen molar-refractivity contribution in [2.24, 2.45) is 0 Å². The lowest BCUT2D eigenvalue weighted by Crippen LogP contribution is -2.47. The first-order valence-corrected chi connectivity index (χ1v) is 19.7. The third-order valence-electron chi connectivity index (χ3n) is 7.33. The van der Waals surface area contributed by atoms with Gasteiger partial charge in [-0.2, -0.15) is 0 Å². The van der Waals surface area contributed by atoms with Crippen molar-refractivity contribution in [2.75, 3.05) is 25.0 Å². The molecule has 1 N–H and O–H groups in total. The van der Waals surface area contributed by atoms with Crippen LogP contribution >= 0.6 is 11.3 Å². The molecule has 5 heterocycles. The number of aromatic nitrogens is 6. The van der Waals surface area contributed by atoms with Crippen LogP contribution in [0.25, 0.3) is 33.0 Å². The lowest BCUT2D eigenvalue weighted by Gasteiger charge is -2.34. The molecule has 4 aromatic rings. The van der Waals surface area contributed by atoms with Crippen molar-refractivity contribution in [1.29, 1.82) is 0 Å². The van der Waals surface area contributed by atoms with E-state index < -0.39 is 13.7 Å². The van der Waals surface area contributed by atoms with Crippen LogP contribution in [0.3, 0.4) is 0 Å². The average Bonchev–Trinajstić information content (AvgIpc) is 3.54. The van der Waals surface area contributed by atoms with Crippen LogP contribution in [0.15, 0.2) is 24.5 Å². The molecule has 1 aliphatic heterocycles. The van der Waals surface area contributed by atoms with Crippen molar-refractivity contribution in [1.82, 2.24) is 34.6 Å². The Morgan fingerprint density at radius 3 is 2.66 bits per heavy atom. The summed E-state index contributed by atoms with van der Waals surface area (Å²) in [6.45, 7) is 19.0. The number of rotatable bonds is 9. The maximum atomic E-state index is 12.7. The zero-order valence-electron chi connectivity index (χ0n) is 27.1. The van der Waals surface area contributed by atoms with E-state index >= 15 is 0 Å². The Bertz CT molecular complexity index is 1620. The standard InChI is InChI=1S/C31H44N8O3SSi/c1-20-16-32-29(33-22-10-9-13-38(17-22)30(40)42-31(3,4)5)35-26(20)24-18-39(19-41-14-15-44(6,7)8)27-23(24)11-12-25(34-27)28-37-36-21(2)43-28/h11-12,16,18,22H,9-10,13-15,17,19H2,1-8H3,(H,32,33,35)/t22-/m0/s1. The fourth-order valence-corrected chi connectivity index (χ4v) is 6.48. The molecular weight excluding hydrogens is 593 g/mol. The number of pyridine rings is 1. The van der Waals surface area contributed by atoms with Gasteiger partial charge in [-0.3, -0.25) is 0 Å². The second-order valence-electron chi connectivity index (χ2n) is 13.7. The van der Waals surface area contributed by atoms with Crippen molar-refractivity contribution < 1.29 is 14.3 Å². The Balaban J connectivity index is 1.42. The summed E-state index contributed by atoms with van der Waals surface area (Å²) in [6.07, 6.45) is 5.43. The zero-order chi connectivity index (χ0) is 31.6. The zero-order valence-corrected chi connectivity index (χ0v) is 28.9. The maximum Gasteiger partial charge on any atom is 0.410 e. The number of amides is 1. The molecule has 0 spiro atoms. The monoisotopic (exact) mass is 636 g/mol. The molecule has 0 aliphatic carbocycles. The van der Waals surface area contributed by atoms with Crippen molar-refractivity contribution >= 4 is 42.5 Å². The molecule has 1 amide bonds. The van der Waals surface area contributed by atoms with Gasteiger partial charge < -0.3 is 24.3 Å². The molecule has 0 bridgehead atoms. The Kier molecular flexibility index (Phi) is 9.38. The summed E-state index contributed by atoms with van der Waals surface area (Å²) in [4.78, 5) is 29.1. The highest BCUT2D eigenvalue weighted by atomic mass is 32.1. The highest BCUT2D eigenvalue weighted by molar-refractivity contribution is 7.14. The quantitative estimate of drug-likeness (QED) is 0.157. The summed E-state index contributed by atoms with van der Waals surface area (Å²) in [5.41, 5.74) is 3.81. The number of hydrogen-bond acceptors (Lipinski definition) is 10. The molecule has 236 valence electrons. The summed E-state index contributed by atoms with van der Waals surface area (Å²) in [5.74, 6) is 0.530. The molecule has 0 saturated carbocycles. The van der Waals surface area contributed by atoms with Gasteiger partial charge in [0.25, 0.3) is 0 Å². The molecule has 44 heavy (non-hydrogen) atoms. The van der Waals surface area contributed by atoms with E-state index in [4.69, 9.17) is 19.4 Å². The van der Waals surface area contributed by atoms with Gasteiger partial charge in [0.05, 0.1) is 5.69 Å². The minimum atomic E-state index is -1.22. The van der Waals surface area contributed by atoms with Crippen molar-refractivity contribution in [2.45, 2.75) is 91.5 Å². The van der Waals surface area contributed by atoms with E-state index in [1.54, 1.807) is 4.90 Å². The minimum absolute atomic E-state index is 0.0209. The number of nitrogens with one attached hydrogen (secondary N) is 1. The van der Waals surface area contributed by atoms with Crippen LogP contribution in [0.4, 0.5) is 10.7 Å². The van der Waals surface area contributed by atoms with Gasteiger partial charge >= 0.3 is 6.09 Å². The number of likely N-dealkylation sites (tertiary alicyclic amines) is 1. The Hall–Kier alpha value is -3.42. The molecule has 1 aliphatic rings. The summed E-state index contributed by atoms with van der Waals surface area (Å²) >= 11 is 1.53. The van der Waals surface area contributed by atoms with Gasteiger partial charge in [-0.25, -0.2) is 19.7 Å². The maximum absolute atomic E-state index is 12.7. The second kappa shape index (κ2) is 12.9. The van der Waals surface area contributed by atoms with Crippen LogP contribution in [0.2, 0.25) is 25.7 Å². The largest absolute Gasteiger partial charge is 0.444 e. The fraction of sp³-hybridized carbons (Fsp3) is 0.548. The third kappa shape index (κ3) is 7.99. The smallest absolute Gasteiger partial charge is 0.410 e. The summed E-state index contributed by atoms with van der Waals surface area (Å²) in [6, 6.07) is 5.18. The van der Waals surface area contributed by atoms with E-state index in [0.717, 1.165) is 62.4 Å². The van der Waals surface area contributed by atoms with E-state index in [0.29, 0.717) is 32.4 Å². The number of fused-ring (bicyclic) bond motifs is 1. The SMILES string of the molecule is Cc1nnc(-c2ccc3c(-c4nc(N[C@H]5CCCN(C(=O)OC(C)(C)C)C5)ncc4C)cn(COCC[Si](C)(C)C)c3n2)s1. The summed E-state index contributed by atoms with van der Waals surface area (Å²) < 4.78 is 13.8. The molecule has 1 fully saturated rings.